The highest BCUT2D eigenvalue weighted by atomic mass is 16.5. The summed E-state index contributed by atoms with van der Waals surface area (Å²) in [6, 6.07) is 5.50. The molecule has 1 aromatic carbocycles. The van der Waals surface area contributed by atoms with Crippen LogP contribution in [0.3, 0.4) is 0 Å². The molecular weight excluding hydrogens is 202 g/mol. The van der Waals surface area contributed by atoms with Crippen LogP contribution in [-0.4, -0.2) is 13.2 Å². The second-order valence-corrected chi connectivity index (χ2v) is 4.20. The molecule has 90 valence electrons. The van der Waals surface area contributed by atoms with E-state index in [-0.39, 0.29) is 0 Å². The summed E-state index contributed by atoms with van der Waals surface area (Å²) in [5, 5.41) is 0. The van der Waals surface area contributed by atoms with Gasteiger partial charge in [0.25, 0.3) is 0 Å². The average molecular weight is 223 g/mol. The second-order valence-electron chi connectivity index (χ2n) is 4.20. The van der Waals surface area contributed by atoms with Crippen LogP contribution in [0.25, 0.3) is 0 Å². The largest absolute Gasteiger partial charge is 0.494 e. The minimum Gasteiger partial charge on any atom is -0.494 e. The molecule has 3 heteroatoms. The van der Waals surface area contributed by atoms with Gasteiger partial charge < -0.3 is 15.2 Å². The van der Waals surface area contributed by atoms with Gasteiger partial charge in [-0.2, -0.15) is 0 Å². The molecule has 16 heavy (non-hydrogen) atoms. The van der Waals surface area contributed by atoms with Crippen molar-refractivity contribution in [2.45, 2.75) is 27.2 Å². The molecule has 0 spiro atoms. The maximum atomic E-state index is 5.76. The Morgan fingerprint density at radius 3 is 2.31 bits per heavy atom. The number of nitrogens with two attached hydrogens (primary N) is 1. The summed E-state index contributed by atoms with van der Waals surface area (Å²) in [5.74, 6) is 2.19. The summed E-state index contributed by atoms with van der Waals surface area (Å²) in [6.07, 6.45) is 1.04. The summed E-state index contributed by atoms with van der Waals surface area (Å²) >= 11 is 0. The molecule has 0 atom stereocenters. The molecule has 0 fully saturated rings. The molecule has 0 radical (unpaired) electrons. The maximum Gasteiger partial charge on any atom is 0.125 e. The van der Waals surface area contributed by atoms with E-state index in [0.29, 0.717) is 24.8 Å². The smallest absolute Gasteiger partial charge is 0.125 e. The third kappa shape index (κ3) is 4.43. The third-order valence-electron chi connectivity index (χ3n) is 2.18. The quantitative estimate of drug-likeness (QED) is 0.754. The van der Waals surface area contributed by atoms with E-state index in [0.717, 1.165) is 17.9 Å². The van der Waals surface area contributed by atoms with Crippen LogP contribution in [0.15, 0.2) is 18.2 Å². The lowest BCUT2D eigenvalue weighted by atomic mass is 10.1. The highest BCUT2D eigenvalue weighted by molar-refractivity contribution is 5.50. The molecule has 0 unspecified atom stereocenters. The zero-order chi connectivity index (χ0) is 12.0. The van der Waals surface area contributed by atoms with E-state index in [1.807, 2.05) is 19.1 Å². The number of benzene rings is 1. The van der Waals surface area contributed by atoms with E-state index in [1.165, 1.54) is 0 Å². The van der Waals surface area contributed by atoms with Gasteiger partial charge in [-0.3, -0.25) is 0 Å². The van der Waals surface area contributed by atoms with Gasteiger partial charge in [-0.05, 0) is 19.3 Å². The molecule has 1 rings (SSSR count). The molecule has 0 bridgehead atoms. The Balaban J connectivity index is 2.58. The predicted octanol–water partition coefficient (Wildman–Crippen LogP) is 3.09. The first-order chi connectivity index (χ1) is 7.61. The van der Waals surface area contributed by atoms with Crippen molar-refractivity contribution in [3.63, 3.8) is 0 Å². The Morgan fingerprint density at radius 2 is 1.75 bits per heavy atom. The lowest BCUT2D eigenvalue weighted by Crippen LogP contribution is -2.02. The highest BCUT2D eigenvalue weighted by Gasteiger charge is 2.01. The van der Waals surface area contributed by atoms with Crippen LogP contribution in [-0.2, 0) is 0 Å². The maximum absolute atomic E-state index is 5.76. The average Bonchev–Trinajstić information content (AvgIpc) is 2.16. The second kappa shape index (κ2) is 6.26. The molecule has 0 aliphatic rings. The number of hydrogen-bond donors (Lipinski definition) is 1. The molecule has 3 nitrogen and oxygen atoms in total. The lowest BCUT2D eigenvalue weighted by molar-refractivity contribution is 0.286. The Hall–Kier alpha value is -1.38. The van der Waals surface area contributed by atoms with Gasteiger partial charge in [-0.25, -0.2) is 0 Å². The first-order valence-corrected chi connectivity index (χ1v) is 5.78. The van der Waals surface area contributed by atoms with Crippen LogP contribution in [0, 0.1) is 5.92 Å². The minimum absolute atomic E-state index is 0.634. The molecule has 0 heterocycles. The van der Waals surface area contributed by atoms with Crippen molar-refractivity contribution < 1.29 is 9.47 Å². The summed E-state index contributed by atoms with van der Waals surface area (Å²) in [7, 11) is 0. The van der Waals surface area contributed by atoms with E-state index in [1.54, 1.807) is 6.07 Å². The Morgan fingerprint density at radius 1 is 1.12 bits per heavy atom. The molecule has 2 N–H and O–H groups in total. The Labute approximate surface area is 97.6 Å². The monoisotopic (exact) mass is 223 g/mol. The van der Waals surface area contributed by atoms with Crippen molar-refractivity contribution >= 4 is 5.69 Å². The van der Waals surface area contributed by atoms with E-state index in [9.17, 15) is 0 Å². The molecule has 0 aliphatic heterocycles. The van der Waals surface area contributed by atoms with Crippen molar-refractivity contribution in [1.29, 1.82) is 0 Å². The molecule has 1 aromatic rings. The van der Waals surface area contributed by atoms with Crippen molar-refractivity contribution in [1.82, 2.24) is 0 Å². The lowest BCUT2D eigenvalue weighted by Gasteiger charge is -2.11. The summed E-state index contributed by atoms with van der Waals surface area (Å²) in [4.78, 5) is 0. The molecule has 0 saturated carbocycles. The number of rotatable bonds is 6. The molecule has 0 saturated heterocycles. The SMILES string of the molecule is CCOc1cc(N)cc(OCCC(C)C)c1. The van der Waals surface area contributed by atoms with Crippen LogP contribution in [0.4, 0.5) is 5.69 Å². The Kier molecular flexibility index (Phi) is 4.96. The zero-order valence-electron chi connectivity index (χ0n) is 10.3. The number of anilines is 1. The zero-order valence-corrected chi connectivity index (χ0v) is 10.3. The molecule has 0 aliphatic carbocycles. The fourth-order valence-corrected chi connectivity index (χ4v) is 1.34. The fourth-order valence-electron chi connectivity index (χ4n) is 1.34. The van der Waals surface area contributed by atoms with Gasteiger partial charge in [0.15, 0.2) is 0 Å². The van der Waals surface area contributed by atoms with Crippen molar-refractivity contribution in [3.05, 3.63) is 18.2 Å². The van der Waals surface area contributed by atoms with Gasteiger partial charge in [0.2, 0.25) is 0 Å². The van der Waals surface area contributed by atoms with Crippen molar-refractivity contribution in [2.24, 2.45) is 5.92 Å². The van der Waals surface area contributed by atoms with Crippen LogP contribution in [0.2, 0.25) is 0 Å². The first kappa shape index (κ1) is 12.7. The molecular formula is C13H21NO2. The van der Waals surface area contributed by atoms with E-state index >= 15 is 0 Å². The predicted molar refractivity (Wildman–Crippen MR) is 67.0 cm³/mol. The number of nitrogen functional groups attached to an aromatic ring is 1. The normalized spacial score (nSPS) is 10.5. The first-order valence-electron chi connectivity index (χ1n) is 5.78. The van der Waals surface area contributed by atoms with Gasteiger partial charge in [0, 0.05) is 23.9 Å². The summed E-state index contributed by atoms with van der Waals surface area (Å²) in [5.41, 5.74) is 6.43. The Bertz CT molecular complexity index is 324. The van der Waals surface area contributed by atoms with E-state index < -0.39 is 0 Å². The van der Waals surface area contributed by atoms with Gasteiger partial charge in [-0.1, -0.05) is 13.8 Å². The molecule has 0 aromatic heterocycles. The highest BCUT2D eigenvalue weighted by Crippen LogP contribution is 2.24. The minimum atomic E-state index is 0.634. The number of ether oxygens (including phenoxy) is 2. The third-order valence-corrected chi connectivity index (χ3v) is 2.18. The fraction of sp³-hybridized carbons (Fsp3) is 0.538. The van der Waals surface area contributed by atoms with Gasteiger partial charge in [0.1, 0.15) is 11.5 Å². The number of hydrogen-bond acceptors (Lipinski definition) is 3. The van der Waals surface area contributed by atoms with Crippen molar-refractivity contribution in [2.75, 3.05) is 18.9 Å². The standard InChI is InChI=1S/C13H21NO2/c1-4-15-12-7-11(14)8-13(9-12)16-6-5-10(2)3/h7-10H,4-6,14H2,1-3H3. The van der Waals surface area contributed by atoms with Crippen LogP contribution in [0.1, 0.15) is 27.2 Å². The van der Waals surface area contributed by atoms with Gasteiger partial charge in [-0.15, -0.1) is 0 Å². The molecule has 0 amide bonds. The van der Waals surface area contributed by atoms with Gasteiger partial charge >= 0.3 is 0 Å². The van der Waals surface area contributed by atoms with Crippen LogP contribution >= 0.6 is 0 Å². The topological polar surface area (TPSA) is 44.5 Å². The van der Waals surface area contributed by atoms with Crippen molar-refractivity contribution in [3.8, 4) is 11.5 Å². The van der Waals surface area contributed by atoms with E-state index in [2.05, 4.69) is 13.8 Å². The van der Waals surface area contributed by atoms with Gasteiger partial charge in [0.05, 0.1) is 13.2 Å². The van der Waals surface area contributed by atoms with Crippen LogP contribution in [0.5, 0.6) is 11.5 Å². The van der Waals surface area contributed by atoms with E-state index in [4.69, 9.17) is 15.2 Å². The van der Waals surface area contributed by atoms with Crippen LogP contribution < -0.4 is 15.2 Å². The summed E-state index contributed by atoms with van der Waals surface area (Å²) in [6.45, 7) is 7.65. The summed E-state index contributed by atoms with van der Waals surface area (Å²) < 4.78 is 11.0.